The van der Waals surface area contributed by atoms with Gasteiger partial charge in [-0.2, -0.15) is 13.2 Å². The number of para-hydroxylation sites is 1. The normalized spacial score (nSPS) is 12.3. The fourth-order valence-electron chi connectivity index (χ4n) is 3.29. The van der Waals surface area contributed by atoms with Crippen LogP contribution in [0.2, 0.25) is 0 Å². The monoisotopic (exact) mass is 427 g/mol. The number of aryl methyl sites for hydroxylation is 1. The maximum Gasteiger partial charge on any atom is 0.416 e. The lowest BCUT2D eigenvalue weighted by molar-refractivity contribution is -0.137. The molecule has 0 atom stereocenters. The summed E-state index contributed by atoms with van der Waals surface area (Å²) in [4.78, 5) is 4.32. The standard InChI is InChI=1S/C23H16F3NO2S/c1-15-6-12-18(13-7-15)30(28,29)21-14-27-20-5-3-2-4-19(20)22(21)16-8-10-17(11-9-16)23(24,25)26/h2-14H,1H3. The number of fused-ring (bicyclic) bond motifs is 1. The fourth-order valence-corrected chi connectivity index (χ4v) is 4.73. The van der Waals surface area contributed by atoms with Gasteiger partial charge in [0.15, 0.2) is 0 Å². The Morgan fingerprint density at radius 3 is 2.10 bits per heavy atom. The van der Waals surface area contributed by atoms with Crippen LogP contribution in [0.15, 0.2) is 88.8 Å². The molecule has 3 nitrogen and oxygen atoms in total. The van der Waals surface area contributed by atoms with Crippen molar-refractivity contribution >= 4 is 20.7 Å². The largest absolute Gasteiger partial charge is 0.416 e. The summed E-state index contributed by atoms with van der Waals surface area (Å²) in [5.74, 6) is 0. The molecule has 4 rings (SSSR count). The third kappa shape index (κ3) is 3.57. The van der Waals surface area contributed by atoms with Gasteiger partial charge in [0.1, 0.15) is 0 Å². The molecule has 0 amide bonds. The van der Waals surface area contributed by atoms with Gasteiger partial charge in [-0.15, -0.1) is 0 Å². The lowest BCUT2D eigenvalue weighted by atomic mass is 10.00. The number of hydrogen-bond acceptors (Lipinski definition) is 3. The highest BCUT2D eigenvalue weighted by Gasteiger charge is 2.30. The van der Waals surface area contributed by atoms with Crippen LogP contribution in [-0.4, -0.2) is 13.4 Å². The molecule has 1 aromatic heterocycles. The van der Waals surface area contributed by atoms with Gasteiger partial charge >= 0.3 is 6.18 Å². The molecule has 152 valence electrons. The average Bonchev–Trinajstić information content (AvgIpc) is 2.72. The van der Waals surface area contributed by atoms with E-state index in [4.69, 9.17) is 0 Å². The molecule has 0 spiro atoms. The second-order valence-electron chi connectivity index (χ2n) is 6.91. The van der Waals surface area contributed by atoms with Crippen molar-refractivity contribution in [1.82, 2.24) is 4.98 Å². The molecule has 4 aromatic rings. The van der Waals surface area contributed by atoms with E-state index in [-0.39, 0.29) is 9.79 Å². The van der Waals surface area contributed by atoms with Crippen molar-refractivity contribution in [3.8, 4) is 11.1 Å². The Morgan fingerprint density at radius 1 is 0.833 bits per heavy atom. The van der Waals surface area contributed by atoms with Crippen LogP contribution in [0.25, 0.3) is 22.0 Å². The predicted molar refractivity (Wildman–Crippen MR) is 109 cm³/mol. The lowest BCUT2D eigenvalue weighted by Crippen LogP contribution is -2.06. The summed E-state index contributed by atoms with van der Waals surface area (Å²) in [6, 6.07) is 17.8. The Kier molecular flexibility index (Phi) is 4.86. The van der Waals surface area contributed by atoms with Crippen LogP contribution >= 0.6 is 0 Å². The number of hydrogen-bond donors (Lipinski definition) is 0. The predicted octanol–water partition coefficient (Wildman–Crippen LogP) is 6.06. The van der Waals surface area contributed by atoms with Gasteiger partial charge < -0.3 is 0 Å². The second-order valence-corrected chi connectivity index (χ2v) is 8.82. The first-order valence-electron chi connectivity index (χ1n) is 9.05. The SMILES string of the molecule is Cc1ccc(S(=O)(=O)c2cnc3ccccc3c2-c2ccc(C(F)(F)F)cc2)cc1. The molecule has 0 fully saturated rings. The zero-order chi connectivity index (χ0) is 21.5. The smallest absolute Gasteiger partial charge is 0.255 e. The maximum absolute atomic E-state index is 13.4. The fraction of sp³-hybridized carbons (Fsp3) is 0.0870. The van der Waals surface area contributed by atoms with Gasteiger partial charge in [0.25, 0.3) is 0 Å². The summed E-state index contributed by atoms with van der Waals surface area (Å²) in [5.41, 5.74) is 1.36. The quantitative estimate of drug-likeness (QED) is 0.399. The highest BCUT2D eigenvalue weighted by molar-refractivity contribution is 7.91. The highest BCUT2D eigenvalue weighted by Crippen LogP contribution is 2.38. The van der Waals surface area contributed by atoms with E-state index in [0.29, 0.717) is 22.0 Å². The van der Waals surface area contributed by atoms with Crippen LogP contribution in [0.4, 0.5) is 13.2 Å². The Labute approximate surface area is 171 Å². The minimum absolute atomic E-state index is 0.0511. The maximum atomic E-state index is 13.4. The van der Waals surface area contributed by atoms with Crippen molar-refractivity contribution in [3.05, 3.63) is 90.1 Å². The molecule has 1 heterocycles. The van der Waals surface area contributed by atoms with E-state index >= 15 is 0 Å². The molecule has 0 aliphatic rings. The molecule has 3 aromatic carbocycles. The zero-order valence-electron chi connectivity index (χ0n) is 15.8. The number of aromatic nitrogens is 1. The number of nitrogens with zero attached hydrogens (tertiary/aromatic N) is 1. The van der Waals surface area contributed by atoms with Gasteiger partial charge in [-0.05, 0) is 42.8 Å². The van der Waals surface area contributed by atoms with Crippen molar-refractivity contribution in [2.75, 3.05) is 0 Å². The summed E-state index contributed by atoms with van der Waals surface area (Å²) in [5, 5.41) is 0.547. The van der Waals surface area contributed by atoms with E-state index in [1.807, 2.05) is 6.92 Å². The van der Waals surface area contributed by atoms with Crippen molar-refractivity contribution in [1.29, 1.82) is 0 Å². The van der Waals surface area contributed by atoms with Crippen LogP contribution in [0, 0.1) is 6.92 Å². The van der Waals surface area contributed by atoms with Gasteiger partial charge in [0.05, 0.1) is 20.9 Å². The minimum atomic E-state index is -4.48. The molecule has 0 saturated heterocycles. The van der Waals surface area contributed by atoms with Crippen LogP contribution in [0.3, 0.4) is 0 Å². The van der Waals surface area contributed by atoms with Crippen molar-refractivity contribution in [2.24, 2.45) is 0 Å². The Hall–Kier alpha value is -3.19. The van der Waals surface area contributed by atoms with Crippen LogP contribution in [0.1, 0.15) is 11.1 Å². The van der Waals surface area contributed by atoms with Crippen molar-refractivity contribution in [3.63, 3.8) is 0 Å². The van der Waals surface area contributed by atoms with Crippen molar-refractivity contribution in [2.45, 2.75) is 22.9 Å². The summed E-state index contributed by atoms with van der Waals surface area (Å²) in [7, 11) is -3.95. The minimum Gasteiger partial charge on any atom is -0.255 e. The van der Waals surface area contributed by atoms with Crippen molar-refractivity contribution < 1.29 is 21.6 Å². The molecular weight excluding hydrogens is 411 g/mol. The molecule has 0 aliphatic carbocycles. The lowest BCUT2D eigenvalue weighted by Gasteiger charge is -2.15. The zero-order valence-corrected chi connectivity index (χ0v) is 16.6. The topological polar surface area (TPSA) is 47.0 Å². The Bertz CT molecular complexity index is 1330. The van der Waals surface area contributed by atoms with Gasteiger partial charge in [0.2, 0.25) is 9.84 Å². The molecule has 0 saturated carbocycles. The van der Waals surface area contributed by atoms with E-state index in [1.54, 1.807) is 36.4 Å². The molecular formula is C23H16F3NO2S. The number of sulfone groups is 1. The van der Waals surface area contributed by atoms with Crippen LogP contribution in [-0.2, 0) is 16.0 Å². The summed E-state index contributed by atoms with van der Waals surface area (Å²) in [6.07, 6.45) is -3.21. The van der Waals surface area contributed by atoms with Crippen LogP contribution in [0.5, 0.6) is 0 Å². The molecule has 0 unspecified atom stereocenters. The van der Waals surface area contributed by atoms with E-state index in [9.17, 15) is 21.6 Å². The highest BCUT2D eigenvalue weighted by atomic mass is 32.2. The molecule has 7 heteroatoms. The first-order valence-corrected chi connectivity index (χ1v) is 10.5. The van der Waals surface area contributed by atoms with Gasteiger partial charge in [0, 0.05) is 17.1 Å². The van der Waals surface area contributed by atoms with E-state index < -0.39 is 21.6 Å². The summed E-state index contributed by atoms with van der Waals surface area (Å²) < 4.78 is 65.8. The first-order chi connectivity index (χ1) is 14.2. The Balaban J connectivity index is 1.99. The number of rotatable bonds is 3. The van der Waals surface area contributed by atoms with Gasteiger partial charge in [-0.3, -0.25) is 4.98 Å². The Morgan fingerprint density at radius 2 is 1.47 bits per heavy atom. The number of benzene rings is 3. The third-order valence-corrected chi connectivity index (χ3v) is 6.64. The third-order valence-electron chi connectivity index (χ3n) is 4.86. The molecule has 0 N–H and O–H groups in total. The number of pyridine rings is 1. The van der Waals surface area contributed by atoms with Gasteiger partial charge in [-0.25, -0.2) is 8.42 Å². The van der Waals surface area contributed by atoms with Gasteiger partial charge in [-0.1, -0.05) is 48.0 Å². The number of alkyl halides is 3. The second kappa shape index (κ2) is 7.25. The van der Waals surface area contributed by atoms with Crippen LogP contribution < -0.4 is 0 Å². The molecule has 30 heavy (non-hydrogen) atoms. The van der Waals surface area contributed by atoms with E-state index in [2.05, 4.69) is 4.98 Å². The molecule has 0 radical (unpaired) electrons. The molecule has 0 bridgehead atoms. The van der Waals surface area contributed by atoms with E-state index in [1.165, 1.54) is 30.5 Å². The van der Waals surface area contributed by atoms with E-state index in [0.717, 1.165) is 17.7 Å². The summed E-state index contributed by atoms with van der Waals surface area (Å²) >= 11 is 0. The molecule has 0 aliphatic heterocycles. The average molecular weight is 427 g/mol. The summed E-state index contributed by atoms with van der Waals surface area (Å²) in [6.45, 7) is 1.85. The number of halogens is 3. The first kappa shape index (κ1) is 20.1.